The summed E-state index contributed by atoms with van der Waals surface area (Å²) in [4.78, 5) is 12.2. The van der Waals surface area contributed by atoms with E-state index in [2.05, 4.69) is 5.32 Å². The van der Waals surface area contributed by atoms with Crippen LogP contribution in [0.25, 0.3) is 6.08 Å². The number of rotatable bonds is 4. The van der Waals surface area contributed by atoms with Crippen LogP contribution >= 0.6 is 24.0 Å². The summed E-state index contributed by atoms with van der Waals surface area (Å²) >= 11 is 6.10. The maximum Gasteiger partial charge on any atom is 0.339 e. The molecule has 0 bridgehead atoms. The van der Waals surface area contributed by atoms with Crippen molar-refractivity contribution in [2.45, 2.75) is 4.90 Å². The molecule has 0 aromatic heterocycles. The van der Waals surface area contributed by atoms with Gasteiger partial charge in [-0.2, -0.15) is 8.42 Å². The number of benzene rings is 2. The molecule has 0 unspecified atom stereocenters. The molecule has 0 spiro atoms. The van der Waals surface area contributed by atoms with Gasteiger partial charge in [0.2, 0.25) is 0 Å². The van der Waals surface area contributed by atoms with E-state index in [-0.39, 0.29) is 16.6 Å². The van der Waals surface area contributed by atoms with Crippen molar-refractivity contribution in [2.24, 2.45) is 0 Å². The molecule has 1 aliphatic heterocycles. The lowest BCUT2D eigenvalue weighted by Gasteiger charge is -2.07. The molecule has 1 aliphatic rings. The summed E-state index contributed by atoms with van der Waals surface area (Å²) in [5, 5.41) is 2.53. The van der Waals surface area contributed by atoms with E-state index in [0.717, 1.165) is 5.56 Å². The monoisotopic (exact) mass is 377 g/mol. The van der Waals surface area contributed by atoms with Crippen molar-refractivity contribution in [3.8, 4) is 5.75 Å². The third-order valence-electron chi connectivity index (χ3n) is 3.06. The number of carbonyl (C=O) groups is 1. The highest BCUT2D eigenvalue weighted by Crippen LogP contribution is 2.27. The van der Waals surface area contributed by atoms with E-state index in [1.54, 1.807) is 36.4 Å². The van der Waals surface area contributed by atoms with E-state index in [9.17, 15) is 13.2 Å². The molecule has 0 saturated carbocycles. The minimum Gasteiger partial charge on any atom is -0.379 e. The molecule has 24 heavy (non-hydrogen) atoms. The summed E-state index contributed by atoms with van der Waals surface area (Å²) in [5.74, 6) is -0.0444. The van der Waals surface area contributed by atoms with Crippen molar-refractivity contribution in [3.05, 3.63) is 65.1 Å². The van der Waals surface area contributed by atoms with Crippen LogP contribution in [0, 0.1) is 0 Å². The first-order valence-electron chi connectivity index (χ1n) is 6.78. The number of amides is 1. The maximum absolute atomic E-state index is 12.1. The topological polar surface area (TPSA) is 72.5 Å². The number of thiocarbonyl (C=S) groups is 1. The van der Waals surface area contributed by atoms with Crippen LogP contribution in [0.2, 0.25) is 0 Å². The zero-order valence-electron chi connectivity index (χ0n) is 12.1. The molecule has 0 atom stereocenters. The Labute approximate surface area is 148 Å². The average Bonchev–Trinajstić information content (AvgIpc) is 2.87. The number of thioether (sulfide) groups is 1. The fraction of sp³-hybridized carbons (Fsp3) is 0. The van der Waals surface area contributed by atoms with Crippen molar-refractivity contribution in [2.75, 3.05) is 0 Å². The Balaban J connectivity index is 1.77. The van der Waals surface area contributed by atoms with Gasteiger partial charge in [0.25, 0.3) is 5.91 Å². The fourth-order valence-electron chi connectivity index (χ4n) is 1.95. The lowest BCUT2D eigenvalue weighted by Crippen LogP contribution is -2.17. The SMILES string of the molecule is O=C1NC(=S)SC1=Cc1ccc(OS(=O)(=O)c2ccccc2)cc1. The molecule has 3 rings (SSSR count). The largest absolute Gasteiger partial charge is 0.379 e. The molecule has 1 heterocycles. The van der Waals surface area contributed by atoms with Gasteiger partial charge < -0.3 is 9.50 Å². The minimum atomic E-state index is -3.87. The van der Waals surface area contributed by atoms with Crippen molar-refractivity contribution >= 4 is 50.4 Å². The predicted molar refractivity (Wildman–Crippen MR) is 97.0 cm³/mol. The second-order valence-corrected chi connectivity index (χ2v) is 8.04. The Morgan fingerprint density at radius 3 is 2.29 bits per heavy atom. The molecule has 122 valence electrons. The first-order valence-corrected chi connectivity index (χ1v) is 9.42. The van der Waals surface area contributed by atoms with E-state index < -0.39 is 10.1 Å². The summed E-state index contributed by atoms with van der Waals surface area (Å²) in [6, 6.07) is 14.3. The number of hydrogen-bond acceptors (Lipinski definition) is 6. The van der Waals surface area contributed by atoms with Crippen molar-refractivity contribution in [1.29, 1.82) is 0 Å². The van der Waals surface area contributed by atoms with Crippen molar-refractivity contribution in [1.82, 2.24) is 5.32 Å². The molecular formula is C16H11NO4S3. The Morgan fingerprint density at radius 2 is 1.71 bits per heavy atom. The molecular weight excluding hydrogens is 366 g/mol. The van der Waals surface area contributed by atoms with Gasteiger partial charge in [0.15, 0.2) is 0 Å². The number of nitrogens with one attached hydrogen (secondary N) is 1. The number of hydrogen-bond donors (Lipinski definition) is 1. The zero-order valence-corrected chi connectivity index (χ0v) is 14.6. The number of carbonyl (C=O) groups excluding carboxylic acids is 1. The Morgan fingerprint density at radius 1 is 1.04 bits per heavy atom. The molecule has 1 amide bonds. The van der Waals surface area contributed by atoms with E-state index in [1.807, 2.05) is 0 Å². The first-order chi connectivity index (χ1) is 11.4. The quantitative estimate of drug-likeness (QED) is 0.502. The van der Waals surface area contributed by atoms with Crippen LogP contribution < -0.4 is 9.50 Å². The summed E-state index contributed by atoms with van der Waals surface area (Å²) in [6.07, 6.45) is 1.68. The third-order valence-corrected chi connectivity index (χ3v) is 5.48. The molecule has 1 fully saturated rings. The fourth-order valence-corrected chi connectivity index (χ4v) is 3.95. The first kappa shape index (κ1) is 16.7. The molecule has 1 N–H and O–H groups in total. The van der Waals surface area contributed by atoms with Crippen molar-refractivity contribution in [3.63, 3.8) is 0 Å². The van der Waals surface area contributed by atoms with Gasteiger partial charge in [-0.05, 0) is 35.9 Å². The van der Waals surface area contributed by atoms with Crippen LogP contribution in [0.5, 0.6) is 5.75 Å². The van der Waals surface area contributed by atoms with Crippen LogP contribution in [-0.4, -0.2) is 18.6 Å². The lowest BCUT2D eigenvalue weighted by atomic mass is 10.2. The van der Waals surface area contributed by atoms with E-state index >= 15 is 0 Å². The van der Waals surface area contributed by atoms with E-state index in [1.165, 1.54) is 36.0 Å². The maximum atomic E-state index is 12.1. The summed E-state index contributed by atoms with van der Waals surface area (Å²) in [7, 11) is -3.87. The average molecular weight is 377 g/mol. The van der Waals surface area contributed by atoms with Gasteiger partial charge in [-0.25, -0.2) is 0 Å². The second-order valence-electron chi connectivity index (χ2n) is 4.77. The van der Waals surface area contributed by atoms with Crippen molar-refractivity contribution < 1.29 is 17.4 Å². The summed E-state index contributed by atoms with van der Waals surface area (Å²) < 4.78 is 29.8. The molecule has 8 heteroatoms. The molecule has 2 aromatic rings. The van der Waals surface area contributed by atoms with Gasteiger partial charge in [0.1, 0.15) is 15.0 Å². The van der Waals surface area contributed by atoms with Crippen LogP contribution in [0.4, 0.5) is 0 Å². The third kappa shape index (κ3) is 3.84. The van der Waals surface area contributed by atoms with E-state index in [4.69, 9.17) is 16.4 Å². The molecule has 1 saturated heterocycles. The van der Waals surface area contributed by atoms with Crippen LogP contribution in [0.1, 0.15) is 5.56 Å². The Bertz CT molecular complexity index is 920. The van der Waals surface area contributed by atoms with E-state index in [0.29, 0.717) is 9.23 Å². The van der Waals surface area contributed by atoms with Gasteiger partial charge in [-0.15, -0.1) is 0 Å². The predicted octanol–water partition coefficient (Wildman–Crippen LogP) is 2.94. The van der Waals surface area contributed by atoms with Gasteiger partial charge in [-0.3, -0.25) is 4.79 Å². The van der Waals surface area contributed by atoms with Gasteiger partial charge >= 0.3 is 10.1 Å². The summed E-state index contributed by atoms with van der Waals surface area (Å²) in [6.45, 7) is 0. The highest BCUT2D eigenvalue weighted by molar-refractivity contribution is 8.26. The van der Waals surface area contributed by atoms with Gasteiger partial charge in [0, 0.05) is 0 Å². The molecule has 0 aliphatic carbocycles. The van der Waals surface area contributed by atoms with Crippen LogP contribution in [0.15, 0.2) is 64.4 Å². The minimum absolute atomic E-state index is 0.0868. The zero-order chi connectivity index (χ0) is 17.2. The van der Waals surface area contributed by atoms with Gasteiger partial charge in [0.05, 0.1) is 4.91 Å². The standard InChI is InChI=1S/C16H11NO4S3/c18-15-14(23-16(22)17-15)10-11-6-8-12(9-7-11)21-24(19,20)13-4-2-1-3-5-13/h1-10H,(H,17,18,22). The smallest absolute Gasteiger partial charge is 0.339 e. The molecule has 0 radical (unpaired) electrons. The summed E-state index contributed by atoms with van der Waals surface area (Å²) in [5.41, 5.74) is 0.738. The Hall–Kier alpha value is -2.16. The Kier molecular flexibility index (Phi) is 4.70. The normalized spacial score (nSPS) is 16.2. The van der Waals surface area contributed by atoms with Gasteiger partial charge in [-0.1, -0.05) is 54.3 Å². The highest BCUT2D eigenvalue weighted by Gasteiger charge is 2.22. The molecule has 5 nitrogen and oxygen atoms in total. The molecule has 2 aromatic carbocycles. The lowest BCUT2D eigenvalue weighted by molar-refractivity contribution is -0.115. The van der Waals surface area contributed by atoms with Crippen LogP contribution in [-0.2, 0) is 14.9 Å². The van der Waals surface area contributed by atoms with Crippen LogP contribution in [0.3, 0.4) is 0 Å². The second kappa shape index (κ2) is 6.76. The highest BCUT2D eigenvalue weighted by atomic mass is 32.2.